The van der Waals surface area contributed by atoms with E-state index in [1.807, 2.05) is 6.08 Å². The number of aliphatic hydroxyl groups excluding tert-OH is 1. The highest BCUT2D eigenvalue weighted by atomic mass is 16.7. The molecule has 0 fully saturated rings. The normalized spacial score (nSPS) is 32.4. The third kappa shape index (κ3) is 1.41. The Hall–Kier alpha value is -1.78. The second kappa shape index (κ2) is 3.90. The molecular formula is C17H17NO3. The van der Waals surface area contributed by atoms with Crippen LogP contribution >= 0.6 is 0 Å². The van der Waals surface area contributed by atoms with Crippen LogP contribution in [0.5, 0.6) is 11.5 Å². The van der Waals surface area contributed by atoms with Gasteiger partial charge in [-0.3, -0.25) is 4.90 Å². The van der Waals surface area contributed by atoms with Crippen molar-refractivity contribution in [1.82, 2.24) is 4.90 Å². The zero-order valence-corrected chi connectivity index (χ0v) is 11.7. The minimum Gasteiger partial charge on any atom is -0.454 e. The highest BCUT2D eigenvalue weighted by Crippen LogP contribution is 2.52. The fourth-order valence-corrected chi connectivity index (χ4v) is 4.30. The van der Waals surface area contributed by atoms with E-state index in [9.17, 15) is 5.11 Å². The molecule has 4 heteroatoms. The molecule has 1 aromatic rings. The van der Waals surface area contributed by atoms with Crippen molar-refractivity contribution < 1.29 is 14.6 Å². The van der Waals surface area contributed by atoms with E-state index >= 15 is 0 Å². The molecule has 3 heterocycles. The molecule has 21 heavy (non-hydrogen) atoms. The Balaban J connectivity index is 1.75. The smallest absolute Gasteiger partial charge is 0.231 e. The molecule has 1 aliphatic carbocycles. The quantitative estimate of drug-likeness (QED) is 0.787. The van der Waals surface area contributed by atoms with Crippen molar-refractivity contribution in [3.05, 3.63) is 47.1 Å². The predicted molar refractivity (Wildman–Crippen MR) is 77.4 cm³/mol. The van der Waals surface area contributed by atoms with Crippen LogP contribution in [0.3, 0.4) is 0 Å². The summed E-state index contributed by atoms with van der Waals surface area (Å²) in [6.07, 6.45) is 7.65. The van der Waals surface area contributed by atoms with Crippen LogP contribution in [0, 0.1) is 0 Å². The molecule has 4 aliphatic rings. The van der Waals surface area contributed by atoms with Crippen LogP contribution in [0.25, 0.3) is 0 Å². The summed E-state index contributed by atoms with van der Waals surface area (Å²) in [5.74, 6) is 1.69. The number of hydrogen-bond acceptors (Lipinski definition) is 4. The monoisotopic (exact) mass is 283 g/mol. The van der Waals surface area contributed by atoms with E-state index in [-0.39, 0.29) is 11.6 Å². The molecule has 0 bridgehead atoms. The lowest BCUT2D eigenvalue weighted by Crippen LogP contribution is -2.51. The van der Waals surface area contributed by atoms with Crippen LogP contribution in [0.1, 0.15) is 17.5 Å². The summed E-state index contributed by atoms with van der Waals surface area (Å²) in [6.45, 7) is 2.29. The molecule has 0 saturated carbocycles. The second-order valence-corrected chi connectivity index (χ2v) is 6.21. The molecule has 1 aromatic carbocycles. The van der Waals surface area contributed by atoms with Gasteiger partial charge in [-0.1, -0.05) is 18.2 Å². The van der Waals surface area contributed by atoms with Gasteiger partial charge in [0.05, 0.1) is 11.6 Å². The van der Waals surface area contributed by atoms with Crippen LogP contribution in [-0.4, -0.2) is 36.0 Å². The first-order valence-electron chi connectivity index (χ1n) is 7.52. The van der Waals surface area contributed by atoms with Gasteiger partial charge in [0.25, 0.3) is 0 Å². The van der Waals surface area contributed by atoms with E-state index in [0.717, 1.165) is 37.4 Å². The zero-order valence-electron chi connectivity index (χ0n) is 11.7. The molecule has 108 valence electrons. The molecule has 1 N–H and O–H groups in total. The van der Waals surface area contributed by atoms with Gasteiger partial charge < -0.3 is 14.6 Å². The molecule has 4 nitrogen and oxygen atoms in total. The Morgan fingerprint density at radius 1 is 1.24 bits per heavy atom. The summed E-state index contributed by atoms with van der Waals surface area (Å²) in [5.41, 5.74) is 3.74. The van der Waals surface area contributed by atoms with E-state index in [2.05, 4.69) is 29.2 Å². The van der Waals surface area contributed by atoms with Crippen LogP contribution < -0.4 is 9.47 Å². The van der Waals surface area contributed by atoms with Crippen molar-refractivity contribution in [2.45, 2.75) is 24.5 Å². The molecular weight excluding hydrogens is 266 g/mol. The fraction of sp³-hybridized carbons (Fsp3) is 0.412. The summed E-state index contributed by atoms with van der Waals surface area (Å²) >= 11 is 0. The highest BCUT2D eigenvalue weighted by Gasteiger charge is 2.50. The first-order chi connectivity index (χ1) is 10.3. The predicted octanol–water partition coefficient (Wildman–Crippen LogP) is 1.73. The van der Waals surface area contributed by atoms with Gasteiger partial charge in [-0.25, -0.2) is 0 Å². The van der Waals surface area contributed by atoms with E-state index in [1.54, 1.807) is 0 Å². The van der Waals surface area contributed by atoms with Crippen molar-refractivity contribution in [2.24, 2.45) is 0 Å². The number of hydrogen-bond donors (Lipinski definition) is 1. The van der Waals surface area contributed by atoms with Gasteiger partial charge in [-0.15, -0.1) is 0 Å². The van der Waals surface area contributed by atoms with Crippen molar-refractivity contribution in [3.8, 4) is 11.5 Å². The summed E-state index contributed by atoms with van der Waals surface area (Å²) < 4.78 is 11.1. The van der Waals surface area contributed by atoms with Gasteiger partial charge in [-0.05, 0) is 35.3 Å². The molecule has 0 saturated heterocycles. The van der Waals surface area contributed by atoms with Crippen molar-refractivity contribution in [2.75, 3.05) is 19.9 Å². The largest absolute Gasteiger partial charge is 0.454 e. The SMILES string of the molecule is O[C@@H]1C=CC2=CCN3CCc4cc5c(cc4[C@@]23C1)OCO5. The maximum atomic E-state index is 10.2. The number of rotatable bonds is 0. The minimum atomic E-state index is -0.390. The number of ether oxygens (including phenoxy) is 2. The molecule has 0 amide bonds. The summed E-state index contributed by atoms with van der Waals surface area (Å²) in [6, 6.07) is 4.26. The molecule has 2 atom stereocenters. The van der Waals surface area contributed by atoms with E-state index in [4.69, 9.17) is 9.47 Å². The van der Waals surface area contributed by atoms with Crippen LogP contribution in [0.4, 0.5) is 0 Å². The fourth-order valence-electron chi connectivity index (χ4n) is 4.30. The lowest BCUT2D eigenvalue weighted by molar-refractivity contribution is 0.0771. The van der Waals surface area contributed by atoms with Gasteiger partial charge >= 0.3 is 0 Å². The molecule has 0 unspecified atom stereocenters. The van der Waals surface area contributed by atoms with Gasteiger partial charge in [0, 0.05) is 19.5 Å². The zero-order chi connectivity index (χ0) is 14.0. The van der Waals surface area contributed by atoms with Gasteiger partial charge in [0.15, 0.2) is 11.5 Å². The van der Waals surface area contributed by atoms with E-state index < -0.39 is 0 Å². The van der Waals surface area contributed by atoms with Crippen molar-refractivity contribution in [1.29, 1.82) is 0 Å². The summed E-state index contributed by atoms with van der Waals surface area (Å²) in [4.78, 5) is 2.49. The molecule has 1 spiro atoms. The maximum absolute atomic E-state index is 10.2. The van der Waals surface area contributed by atoms with Gasteiger partial charge in [-0.2, -0.15) is 0 Å². The molecule has 3 aliphatic heterocycles. The average Bonchev–Trinajstić information content (AvgIpc) is 3.08. The van der Waals surface area contributed by atoms with Crippen LogP contribution in [0.2, 0.25) is 0 Å². The second-order valence-electron chi connectivity index (χ2n) is 6.21. The number of fused-ring (bicyclic) bond motifs is 2. The Morgan fingerprint density at radius 3 is 3.00 bits per heavy atom. The number of benzene rings is 1. The van der Waals surface area contributed by atoms with Crippen LogP contribution in [0.15, 0.2) is 35.9 Å². The molecule has 0 radical (unpaired) electrons. The minimum absolute atomic E-state index is 0.178. The van der Waals surface area contributed by atoms with E-state index in [0.29, 0.717) is 6.79 Å². The Bertz CT molecular complexity index is 694. The Labute approximate surface area is 123 Å². The summed E-state index contributed by atoms with van der Waals surface area (Å²) in [7, 11) is 0. The maximum Gasteiger partial charge on any atom is 0.231 e. The van der Waals surface area contributed by atoms with E-state index in [1.165, 1.54) is 16.7 Å². The Kier molecular flexibility index (Phi) is 2.20. The lowest BCUT2D eigenvalue weighted by atomic mass is 9.71. The average molecular weight is 283 g/mol. The third-order valence-electron chi connectivity index (χ3n) is 5.25. The summed E-state index contributed by atoms with van der Waals surface area (Å²) in [5, 5.41) is 10.2. The van der Waals surface area contributed by atoms with Gasteiger partial charge in [0.1, 0.15) is 0 Å². The number of aliphatic hydroxyl groups is 1. The van der Waals surface area contributed by atoms with Crippen LogP contribution in [-0.2, 0) is 12.0 Å². The van der Waals surface area contributed by atoms with Crippen molar-refractivity contribution >= 4 is 0 Å². The lowest BCUT2D eigenvalue weighted by Gasteiger charge is -2.47. The Morgan fingerprint density at radius 2 is 2.10 bits per heavy atom. The van der Waals surface area contributed by atoms with Crippen molar-refractivity contribution in [3.63, 3.8) is 0 Å². The first kappa shape index (κ1) is 11.8. The molecule has 0 aromatic heterocycles. The number of nitrogens with zero attached hydrogens (tertiary/aromatic N) is 1. The molecule has 5 rings (SSSR count). The standard InChI is InChI=1S/C17H17NO3/c19-13-2-1-12-4-6-18-5-3-11-7-15-16(21-10-20-15)8-14(11)17(12,18)9-13/h1-2,4,7-8,13,19H,3,5-6,9-10H2/t13-,17-/m1/s1. The third-order valence-corrected chi connectivity index (χ3v) is 5.25. The first-order valence-corrected chi connectivity index (χ1v) is 7.52. The van der Waals surface area contributed by atoms with Gasteiger partial charge in [0.2, 0.25) is 6.79 Å². The highest BCUT2D eigenvalue weighted by molar-refractivity contribution is 5.58. The topological polar surface area (TPSA) is 41.9 Å².